The first-order chi connectivity index (χ1) is 13.7. The van der Waals surface area contributed by atoms with E-state index in [9.17, 15) is 18.6 Å². The number of aromatic amines is 1. The third-order valence-corrected chi connectivity index (χ3v) is 7.49. The van der Waals surface area contributed by atoms with Crippen molar-refractivity contribution in [2.75, 3.05) is 11.5 Å². The average Bonchev–Trinajstić information content (AvgIpc) is 3.01. The van der Waals surface area contributed by atoms with Gasteiger partial charge in [0.1, 0.15) is 12.2 Å². The van der Waals surface area contributed by atoms with Crippen molar-refractivity contribution in [1.29, 1.82) is 0 Å². The summed E-state index contributed by atoms with van der Waals surface area (Å²) in [6, 6.07) is 3.02. The molecule has 0 radical (unpaired) electrons. The number of esters is 1. The van der Waals surface area contributed by atoms with Crippen LogP contribution in [0.1, 0.15) is 47.7 Å². The molecule has 2 heterocycles. The summed E-state index contributed by atoms with van der Waals surface area (Å²) in [7, 11) is -1.02. The molecule has 1 aromatic heterocycles. The number of nitrogens with one attached hydrogen (secondary N) is 1. The van der Waals surface area contributed by atoms with Gasteiger partial charge in [-0.25, -0.2) is 4.21 Å². The maximum atomic E-state index is 13.1. The third-order valence-electron chi connectivity index (χ3n) is 4.74. The average molecular weight is 440 g/mol. The summed E-state index contributed by atoms with van der Waals surface area (Å²) in [5.74, 6) is -0.143. The molecule has 1 N–H and O–H groups in total. The number of benzene rings is 1. The van der Waals surface area contributed by atoms with Crippen LogP contribution in [0, 0.1) is 0 Å². The number of halogens is 1. The van der Waals surface area contributed by atoms with E-state index in [1.54, 1.807) is 6.07 Å². The lowest BCUT2D eigenvalue weighted by molar-refractivity contribution is -0.142. The molecule has 0 saturated carbocycles. The Morgan fingerprint density at radius 1 is 1.24 bits per heavy atom. The molecule has 0 amide bonds. The molecule has 10 heteroatoms. The van der Waals surface area contributed by atoms with E-state index in [2.05, 4.69) is 9.46 Å². The summed E-state index contributed by atoms with van der Waals surface area (Å²) in [6.45, 7) is 1.17. The van der Waals surface area contributed by atoms with E-state index in [0.717, 1.165) is 19.3 Å². The van der Waals surface area contributed by atoms with Gasteiger partial charge in [-0.3, -0.25) is 19.1 Å². The van der Waals surface area contributed by atoms with Gasteiger partial charge >= 0.3 is 5.97 Å². The number of aryl methyl sites for hydroxylation is 1. The fraction of sp³-hybridized carbons (Fsp3) is 0.421. The second-order valence-electron chi connectivity index (χ2n) is 6.93. The molecule has 2 aromatic rings. The van der Waals surface area contributed by atoms with E-state index in [-0.39, 0.29) is 28.4 Å². The van der Waals surface area contributed by atoms with Gasteiger partial charge in [0.25, 0.3) is 5.56 Å². The van der Waals surface area contributed by atoms with Crippen LogP contribution in [-0.2, 0) is 32.9 Å². The van der Waals surface area contributed by atoms with Crippen LogP contribution in [0.25, 0.3) is 0 Å². The first-order valence-electron chi connectivity index (χ1n) is 9.18. The minimum Gasteiger partial charge on any atom is -0.461 e. The standard InChI is InChI=1S/C19H22ClN3O5S/c1-12(24)28-11-13-6-7-14(18(25)15-10-21-23(2)19(15)26)16(20)17(13)22-29(27)8-4-3-5-9-29/h6-7,10,21H,3-5,8-9,11H2,1-2H3. The smallest absolute Gasteiger partial charge is 0.302 e. The van der Waals surface area contributed by atoms with E-state index >= 15 is 0 Å². The number of hydrogen-bond donors (Lipinski definition) is 1. The molecule has 0 atom stereocenters. The molecule has 156 valence electrons. The Kier molecular flexibility index (Phi) is 6.28. The minimum absolute atomic E-state index is 0.00352. The highest BCUT2D eigenvalue weighted by atomic mass is 35.5. The number of carbonyl (C=O) groups excluding carboxylic acids is 2. The number of hydrogen-bond acceptors (Lipinski definition) is 6. The number of ketones is 1. The number of H-pyrrole nitrogens is 1. The second kappa shape index (κ2) is 8.54. The van der Waals surface area contributed by atoms with E-state index in [4.69, 9.17) is 16.3 Å². The highest BCUT2D eigenvalue weighted by Gasteiger charge is 2.24. The van der Waals surface area contributed by atoms with Gasteiger partial charge in [0.2, 0.25) is 5.78 Å². The number of aromatic nitrogens is 2. The largest absolute Gasteiger partial charge is 0.461 e. The van der Waals surface area contributed by atoms with Crippen molar-refractivity contribution < 1.29 is 18.5 Å². The van der Waals surface area contributed by atoms with Crippen LogP contribution in [0.5, 0.6) is 0 Å². The molecule has 29 heavy (non-hydrogen) atoms. The van der Waals surface area contributed by atoms with Crippen molar-refractivity contribution in [2.24, 2.45) is 11.4 Å². The molecule has 1 aromatic carbocycles. The Bertz CT molecular complexity index is 1130. The van der Waals surface area contributed by atoms with E-state index in [1.165, 1.54) is 30.9 Å². The van der Waals surface area contributed by atoms with E-state index in [1.807, 2.05) is 0 Å². The molecular weight excluding hydrogens is 418 g/mol. The van der Waals surface area contributed by atoms with Crippen LogP contribution >= 0.6 is 11.6 Å². The summed E-state index contributed by atoms with van der Waals surface area (Å²) in [5.41, 5.74) is 0.171. The zero-order valence-corrected chi connectivity index (χ0v) is 17.8. The van der Waals surface area contributed by atoms with Gasteiger partial charge in [-0.15, -0.1) is 0 Å². The van der Waals surface area contributed by atoms with Crippen molar-refractivity contribution in [3.8, 4) is 0 Å². The Labute approximate surface area is 173 Å². The SMILES string of the molecule is CC(=O)OCc1ccc(C(=O)c2c[nH]n(C)c2=O)c(Cl)c1N=S1(=O)CCCCC1. The fourth-order valence-electron chi connectivity index (χ4n) is 3.14. The van der Waals surface area contributed by atoms with Gasteiger partial charge in [-0.05, 0) is 18.9 Å². The quantitative estimate of drug-likeness (QED) is 0.568. The Morgan fingerprint density at radius 2 is 1.93 bits per heavy atom. The zero-order valence-electron chi connectivity index (χ0n) is 16.2. The summed E-state index contributed by atoms with van der Waals surface area (Å²) in [5, 5.41) is 2.65. The third kappa shape index (κ3) is 4.62. The molecule has 3 rings (SSSR count). The van der Waals surface area contributed by atoms with Crippen molar-refractivity contribution in [3.63, 3.8) is 0 Å². The lowest BCUT2D eigenvalue weighted by Gasteiger charge is -2.17. The predicted molar refractivity (Wildman–Crippen MR) is 110 cm³/mol. The first kappa shape index (κ1) is 21.3. The monoisotopic (exact) mass is 439 g/mol. The minimum atomic E-state index is -2.52. The predicted octanol–water partition coefficient (Wildman–Crippen LogP) is 2.94. The molecule has 1 aliphatic rings. The van der Waals surface area contributed by atoms with Gasteiger partial charge in [-0.1, -0.05) is 24.1 Å². The van der Waals surface area contributed by atoms with E-state index < -0.39 is 27.0 Å². The molecule has 0 spiro atoms. The number of ether oxygens (including phenoxy) is 1. The molecular formula is C19H22ClN3O5S. The van der Waals surface area contributed by atoms with Gasteiger partial charge in [0.05, 0.1) is 20.4 Å². The van der Waals surface area contributed by atoms with Crippen molar-refractivity contribution in [1.82, 2.24) is 9.78 Å². The highest BCUT2D eigenvalue weighted by molar-refractivity contribution is 7.93. The van der Waals surface area contributed by atoms with Crippen molar-refractivity contribution in [3.05, 3.63) is 50.4 Å². The first-order valence-corrected chi connectivity index (χ1v) is 11.4. The maximum absolute atomic E-state index is 13.1. The highest BCUT2D eigenvalue weighted by Crippen LogP contribution is 2.36. The maximum Gasteiger partial charge on any atom is 0.302 e. The van der Waals surface area contributed by atoms with Crippen LogP contribution in [0.4, 0.5) is 5.69 Å². The van der Waals surface area contributed by atoms with Crippen LogP contribution in [0.2, 0.25) is 5.02 Å². The molecule has 8 nitrogen and oxygen atoms in total. The van der Waals surface area contributed by atoms with Gasteiger partial charge in [0.15, 0.2) is 0 Å². The second-order valence-corrected chi connectivity index (χ2v) is 9.85. The van der Waals surface area contributed by atoms with Crippen LogP contribution in [0.3, 0.4) is 0 Å². The van der Waals surface area contributed by atoms with Crippen molar-refractivity contribution >= 4 is 38.8 Å². The molecule has 0 bridgehead atoms. The number of rotatable bonds is 5. The topological polar surface area (TPSA) is 111 Å². The Morgan fingerprint density at radius 3 is 2.52 bits per heavy atom. The Hall–Kier alpha value is -2.39. The van der Waals surface area contributed by atoms with Crippen LogP contribution in [0.15, 0.2) is 27.5 Å². The molecule has 1 fully saturated rings. The summed E-state index contributed by atoms with van der Waals surface area (Å²) >= 11 is 6.51. The molecule has 0 aliphatic carbocycles. The molecule has 1 saturated heterocycles. The summed E-state index contributed by atoms with van der Waals surface area (Å²) < 4.78 is 23.8. The van der Waals surface area contributed by atoms with Gasteiger partial charge in [0, 0.05) is 42.8 Å². The van der Waals surface area contributed by atoms with Crippen LogP contribution < -0.4 is 5.56 Å². The summed E-state index contributed by atoms with van der Waals surface area (Å²) in [6.07, 6.45) is 3.91. The zero-order chi connectivity index (χ0) is 21.2. The van der Waals surface area contributed by atoms with E-state index in [0.29, 0.717) is 17.1 Å². The number of nitrogens with zero attached hydrogens (tertiary/aromatic N) is 2. The number of carbonyl (C=O) groups is 2. The lowest BCUT2D eigenvalue weighted by Crippen LogP contribution is -2.19. The normalized spacial score (nSPS) is 15.7. The fourth-order valence-corrected chi connectivity index (χ4v) is 5.74. The lowest BCUT2D eigenvalue weighted by atomic mass is 10.0. The Balaban J connectivity index is 2.13. The van der Waals surface area contributed by atoms with Crippen LogP contribution in [-0.4, -0.2) is 37.2 Å². The molecule has 1 aliphatic heterocycles. The van der Waals surface area contributed by atoms with Gasteiger partial charge < -0.3 is 9.84 Å². The van der Waals surface area contributed by atoms with Crippen molar-refractivity contribution in [2.45, 2.75) is 32.8 Å². The molecule has 0 unspecified atom stereocenters. The van der Waals surface area contributed by atoms with Gasteiger partial charge in [-0.2, -0.15) is 4.36 Å². The summed E-state index contributed by atoms with van der Waals surface area (Å²) in [4.78, 5) is 36.2.